The van der Waals surface area contributed by atoms with Crippen molar-refractivity contribution in [3.05, 3.63) is 0 Å². The van der Waals surface area contributed by atoms with Crippen molar-refractivity contribution in [1.29, 1.82) is 0 Å². The summed E-state index contributed by atoms with van der Waals surface area (Å²) in [6.45, 7) is 3.09. The third kappa shape index (κ3) is 1.67. The van der Waals surface area contributed by atoms with Crippen LogP contribution in [0.25, 0.3) is 0 Å². The zero-order valence-electron chi connectivity index (χ0n) is 6.36. The fourth-order valence-corrected chi connectivity index (χ4v) is 1.21. The van der Waals surface area contributed by atoms with Crippen molar-refractivity contribution < 1.29 is 4.39 Å². The highest BCUT2D eigenvalue weighted by Gasteiger charge is 2.32. The smallest absolute Gasteiger partial charge is 0.124 e. The minimum atomic E-state index is -1.16. The molecule has 1 heterocycles. The van der Waals surface area contributed by atoms with E-state index in [1.165, 1.54) is 0 Å². The van der Waals surface area contributed by atoms with E-state index >= 15 is 0 Å². The summed E-state index contributed by atoms with van der Waals surface area (Å²) in [6, 6.07) is -0.338. The summed E-state index contributed by atoms with van der Waals surface area (Å²) in [7, 11) is 0. The lowest BCUT2D eigenvalue weighted by molar-refractivity contribution is 0.144. The second kappa shape index (κ2) is 2.84. The van der Waals surface area contributed by atoms with Gasteiger partial charge in [-0.2, -0.15) is 0 Å². The van der Waals surface area contributed by atoms with Crippen LogP contribution in [0, 0.1) is 0 Å². The van der Waals surface area contributed by atoms with Crippen LogP contribution in [0.1, 0.15) is 19.8 Å². The van der Waals surface area contributed by atoms with Crippen molar-refractivity contribution in [3.8, 4) is 0 Å². The lowest BCUT2D eigenvalue weighted by atomic mass is 9.95. The molecule has 0 spiro atoms. The number of nitrogens with two attached hydrogens (primary N) is 1. The van der Waals surface area contributed by atoms with Crippen molar-refractivity contribution in [2.45, 2.75) is 31.5 Å². The molecular weight excluding hydrogens is 131 g/mol. The van der Waals surface area contributed by atoms with Crippen LogP contribution in [-0.2, 0) is 0 Å². The van der Waals surface area contributed by atoms with Crippen LogP contribution < -0.4 is 11.1 Å². The highest BCUT2D eigenvalue weighted by molar-refractivity contribution is 4.89. The van der Waals surface area contributed by atoms with Crippen LogP contribution in [-0.4, -0.2) is 24.8 Å². The molecule has 2 atom stereocenters. The van der Waals surface area contributed by atoms with Gasteiger partial charge in [-0.3, -0.25) is 0 Å². The maximum Gasteiger partial charge on any atom is 0.124 e. The van der Waals surface area contributed by atoms with E-state index in [-0.39, 0.29) is 6.04 Å². The molecule has 2 unspecified atom stereocenters. The first-order chi connectivity index (χ1) is 4.63. The van der Waals surface area contributed by atoms with E-state index in [0.29, 0.717) is 13.0 Å². The molecule has 1 aliphatic heterocycles. The molecule has 1 saturated heterocycles. The van der Waals surface area contributed by atoms with Gasteiger partial charge in [0.2, 0.25) is 0 Å². The molecule has 10 heavy (non-hydrogen) atoms. The molecule has 1 fully saturated rings. The monoisotopic (exact) mass is 146 g/mol. The molecule has 0 radical (unpaired) electrons. The lowest BCUT2D eigenvalue weighted by Gasteiger charge is -2.24. The summed E-state index contributed by atoms with van der Waals surface area (Å²) in [5.74, 6) is 0. The zero-order valence-corrected chi connectivity index (χ0v) is 6.36. The number of rotatable bonds is 0. The maximum atomic E-state index is 13.4. The van der Waals surface area contributed by atoms with Crippen molar-refractivity contribution >= 4 is 0 Å². The average molecular weight is 146 g/mol. The van der Waals surface area contributed by atoms with Gasteiger partial charge in [-0.05, 0) is 26.3 Å². The van der Waals surface area contributed by atoms with Crippen LogP contribution in [0.4, 0.5) is 4.39 Å². The maximum absolute atomic E-state index is 13.4. The fraction of sp³-hybridized carbons (Fsp3) is 1.00. The number of hydrogen-bond acceptors (Lipinski definition) is 2. The normalized spacial score (nSPS) is 42.9. The summed E-state index contributed by atoms with van der Waals surface area (Å²) < 4.78 is 13.4. The summed E-state index contributed by atoms with van der Waals surface area (Å²) in [6.07, 6.45) is 1.47. The van der Waals surface area contributed by atoms with Gasteiger partial charge in [-0.15, -0.1) is 0 Å². The van der Waals surface area contributed by atoms with E-state index in [0.717, 1.165) is 13.0 Å². The molecule has 3 N–H and O–H groups in total. The van der Waals surface area contributed by atoms with Gasteiger partial charge in [-0.1, -0.05) is 0 Å². The Hall–Kier alpha value is -0.150. The molecule has 2 nitrogen and oxygen atoms in total. The third-order valence-corrected chi connectivity index (χ3v) is 2.16. The first kappa shape index (κ1) is 7.95. The number of halogens is 1. The Labute approximate surface area is 61.0 Å². The van der Waals surface area contributed by atoms with Crippen molar-refractivity contribution in [2.75, 3.05) is 13.1 Å². The van der Waals surface area contributed by atoms with Crippen molar-refractivity contribution in [1.82, 2.24) is 5.32 Å². The van der Waals surface area contributed by atoms with E-state index in [1.807, 2.05) is 0 Å². The average Bonchev–Trinajstić information content (AvgIpc) is 1.96. The molecule has 0 aromatic carbocycles. The predicted octanol–water partition coefficient (Wildman–Crippen LogP) is 0.425. The molecule has 60 valence electrons. The quantitative estimate of drug-likeness (QED) is 0.520. The summed E-state index contributed by atoms with van der Waals surface area (Å²) >= 11 is 0. The van der Waals surface area contributed by atoms with Gasteiger partial charge in [0.05, 0.1) is 6.04 Å². The van der Waals surface area contributed by atoms with Gasteiger partial charge in [0, 0.05) is 6.54 Å². The van der Waals surface area contributed by atoms with Gasteiger partial charge < -0.3 is 11.1 Å². The largest absolute Gasteiger partial charge is 0.324 e. The molecule has 1 rings (SSSR count). The van der Waals surface area contributed by atoms with Crippen molar-refractivity contribution in [3.63, 3.8) is 0 Å². The van der Waals surface area contributed by atoms with Crippen LogP contribution in [0.15, 0.2) is 0 Å². The Morgan fingerprint density at radius 3 is 3.10 bits per heavy atom. The van der Waals surface area contributed by atoms with Gasteiger partial charge in [-0.25, -0.2) is 4.39 Å². The van der Waals surface area contributed by atoms with Crippen LogP contribution in [0.2, 0.25) is 0 Å². The fourth-order valence-electron chi connectivity index (χ4n) is 1.21. The van der Waals surface area contributed by atoms with Gasteiger partial charge in [0.1, 0.15) is 5.67 Å². The highest BCUT2D eigenvalue weighted by atomic mass is 19.1. The second-order valence-corrected chi connectivity index (χ2v) is 3.19. The van der Waals surface area contributed by atoms with E-state index in [9.17, 15) is 4.39 Å². The molecule has 0 bridgehead atoms. The molecule has 0 amide bonds. The van der Waals surface area contributed by atoms with Gasteiger partial charge in [0.25, 0.3) is 0 Å². The Morgan fingerprint density at radius 1 is 1.70 bits per heavy atom. The number of hydrogen-bond donors (Lipinski definition) is 2. The zero-order chi connectivity index (χ0) is 7.61. The minimum Gasteiger partial charge on any atom is -0.324 e. The molecule has 3 heteroatoms. The SMILES string of the molecule is CC1(F)CCCNCC1N. The van der Waals surface area contributed by atoms with E-state index in [4.69, 9.17) is 5.73 Å². The van der Waals surface area contributed by atoms with Gasteiger partial charge >= 0.3 is 0 Å². The van der Waals surface area contributed by atoms with E-state index < -0.39 is 5.67 Å². The first-order valence-corrected chi connectivity index (χ1v) is 3.78. The van der Waals surface area contributed by atoms with E-state index in [2.05, 4.69) is 5.32 Å². The number of alkyl halides is 1. The predicted molar refractivity (Wildman–Crippen MR) is 39.6 cm³/mol. The Kier molecular flexibility index (Phi) is 2.26. The topological polar surface area (TPSA) is 38.0 Å². The van der Waals surface area contributed by atoms with Gasteiger partial charge in [0.15, 0.2) is 0 Å². The molecular formula is C7H15FN2. The van der Waals surface area contributed by atoms with Crippen molar-refractivity contribution in [2.24, 2.45) is 5.73 Å². The highest BCUT2D eigenvalue weighted by Crippen LogP contribution is 2.21. The first-order valence-electron chi connectivity index (χ1n) is 3.78. The summed E-state index contributed by atoms with van der Waals surface area (Å²) in [4.78, 5) is 0. The second-order valence-electron chi connectivity index (χ2n) is 3.19. The molecule has 0 saturated carbocycles. The number of nitrogens with one attached hydrogen (secondary N) is 1. The van der Waals surface area contributed by atoms with Crippen LogP contribution >= 0.6 is 0 Å². The summed E-state index contributed by atoms with van der Waals surface area (Å²) in [5.41, 5.74) is 4.41. The molecule has 0 aromatic heterocycles. The third-order valence-electron chi connectivity index (χ3n) is 2.16. The molecule has 0 aromatic rings. The lowest BCUT2D eigenvalue weighted by Crippen LogP contribution is -2.46. The molecule has 1 aliphatic rings. The Bertz CT molecular complexity index is 114. The minimum absolute atomic E-state index is 0.338. The summed E-state index contributed by atoms with van der Waals surface area (Å²) in [5, 5.41) is 3.09. The van der Waals surface area contributed by atoms with Crippen LogP contribution in [0.5, 0.6) is 0 Å². The Morgan fingerprint density at radius 2 is 2.40 bits per heavy atom. The molecule has 0 aliphatic carbocycles. The van der Waals surface area contributed by atoms with Crippen LogP contribution in [0.3, 0.4) is 0 Å². The standard InChI is InChI=1S/C7H15FN2/c1-7(8)3-2-4-10-5-6(7)9/h6,10H,2-5,9H2,1H3. The Balaban J connectivity index is 2.52. The van der Waals surface area contributed by atoms with E-state index in [1.54, 1.807) is 6.92 Å².